The van der Waals surface area contributed by atoms with Crippen molar-refractivity contribution in [2.45, 2.75) is 0 Å². The topological polar surface area (TPSA) is 75.2 Å². The lowest BCUT2D eigenvalue weighted by Gasteiger charge is -2.15. The number of nitriles is 1. The fourth-order valence-corrected chi connectivity index (χ4v) is 1.55. The summed E-state index contributed by atoms with van der Waals surface area (Å²) in [7, 11) is 3.85. The highest BCUT2D eigenvalue weighted by Gasteiger charge is 2.09. The zero-order chi connectivity index (χ0) is 13.8. The summed E-state index contributed by atoms with van der Waals surface area (Å²) in [6.07, 6.45) is 1.57. The van der Waals surface area contributed by atoms with Crippen LogP contribution in [0.1, 0.15) is 5.56 Å². The molecule has 0 bridgehead atoms. The van der Waals surface area contributed by atoms with E-state index in [1.165, 1.54) is 0 Å². The van der Waals surface area contributed by atoms with Crippen molar-refractivity contribution in [2.75, 3.05) is 24.7 Å². The van der Waals surface area contributed by atoms with E-state index in [9.17, 15) is 0 Å². The first-order chi connectivity index (χ1) is 9.11. The number of aromatic nitrogens is 1. The maximum atomic E-state index is 9.00. The van der Waals surface area contributed by atoms with E-state index in [2.05, 4.69) is 4.98 Å². The smallest absolute Gasteiger partial charge is 0.237 e. The largest absolute Gasteiger partial charge is 0.435 e. The summed E-state index contributed by atoms with van der Waals surface area (Å²) < 4.78 is 5.64. The van der Waals surface area contributed by atoms with Gasteiger partial charge in [0.25, 0.3) is 0 Å². The number of ether oxygens (including phenoxy) is 1. The SMILES string of the molecule is CN(C)c1ccc(N)c(Oc2ncccc2C#N)c1. The summed E-state index contributed by atoms with van der Waals surface area (Å²) >= 11 is 0. The van der Waals surface area contributed by atoms with Crippen LogP contribution in [0.2, 0.25) is 0 Å². The zero-order valence-corrected chi connectivity index (χ0v) is 10.8. The Balaban J connectivity index is 2.38. The fourth-order valence-electron chi connectivity index (χ4n) is 1.55. The van der Waals surface area contributed by atoms with Crippen LogP contribution >= 0.6 is 0 Å². The van der Waals surface area contributed by atoms with Crippen LogP contribution in [-0.4, -0.2) is 19.1 Å². The molecular formula is C14H14N4O. The average molecular weight is 254 g/mol. The highest BCUT2D eigenvalue weighted by Crippen LogP contribution is 2.31. The summed E-state index contributed by atoms with van der Waals surface area (Å²) in [4.78, 5) is 5.99. The Morgan fingerprint density at radius 1 is 1.32 bits per heavy atom. The summed E-state index contributed by atoms with van der Waals surface area (Å²) in [6, 6.07) is 10.8. The van der Waals surface area contributed by atoms with Gasteiger partial charge in [0, 0.05) is 32.0 Å². The van der Waals surface area contributed by atoms with Gasteiger partial charge in [-0.1, -0.05) is 0 Å². The van der Waals surface area contributed by atoms with Gasteiger partial charge in [-0.3, -0.25) is 0 Å². The van der Waals surface area contributed by atoms with Crippen LogP contribution in [0.5, 0.6) is 11.6 Å². The second-order valence-corrected chi connectivity index (χ2v) is 4.19. The fraction of sp³-hybridized carbons (Fsp3) is 0.143. The zero-order valence-electron chi connectivity index (χ0n) is 10.8. The Labute approximate surface area is 111 Å². The van der Waals surface area contributed by atoms with Crippen LogP contribution < -0.4 is 15.4 Å². The minimum Gasteiger partial charge on any atom is -0.435 e. The minimum atomic E-state index is 0.257. The van der Waals surface area contributed by atoms with E-state index < -0.39 is 0 Å². The van der Waals surface area contributed by atoms with Gasteiger partial charge in [0.2, 0.25) is 5.88 Å². The van der Waals surface area contributed by atoms with E-state index in [-0.39, 0.29) is 5.88 Å². The van der Waals surface area contributed by atoms with Gasteiger partial charge in [-0.05, 0) is 24.3 Å². The van der Waals surface area contributed by atoms with Gasteiger partial charge >= 0.3 is 0 Å². The first kappa shape index (κ1) is 12.7. The lowest BCUT2D eigenvalue weighted by atomic mass is 10.2. The molecule has 2 aromatic rings. The van der Waals surface area contributed by atoms with E-state index in [0.29, 0.717) is 17.0 Å². The van der Waals surface area contributed by atoms with Crippen molar-refractivity contribution in [3.63, 3.8) is 0 Å². The number of pyridine rings is 1. The Hall–Kier alpha value is -2.74. The summed E-state index contributed by atoms with van der Waals surface area (Å²) in [5.74, 6) is 0.744. The number of anilines is 2. The number of hydrogen-bond acceptors (Lipinski definition) is 5. The van der Waals surface area contributed by atoms with Crippen molar-refractivity contribution in [3.05, 3.63) is 42.1 Å². The summed E-state index contributed by atoms with van der Waals surface area (Å²) in [5.41, 5.74) is 7.70. The van der Waals surface area contributed by atoms with Gasteiger partial charge in [-0.25, -0.2) is 4.98 Å². The Morgan fingerprint density at radius 2 is 2.11 bits per heavy atom. The molecule has 2 N–H and O–H groups in total. The van der Waals surface area contributed by atoms with Crippen molar-refractivity contribution in [3.8, 4) is 17.7 Å². The summed E-state index contributed by atoms with van der Waals surface area (Å²) in [6.45, 7) is 0. The molecule has 0 radical (unpaired) electrons. The maximum Gasteiger partial charge on any atom is 0.237 e. The maximum absolute atomic E-state index is 9.00. The molecule has 1 heterocycles. The Morgan fingerprint density at radius 3 is 2.79 bits per heavy atom. The number of nitrogens with zero attached hydrogens (tertiary/aromatic N) is 3. The second kappa shape index (κ2) is 5.27. The van der Waals surface area contributed by atoms with Crippen molar-refractivity contribution in [1.82, 2.24) is 4.98 Å². The molecule has 0 spiro atoms. The van der Waals surface area contributed by atoms with Gasteiger partial charge in [0.1, 0.15) is 11.6 Å². The molecule has 2 rings (SSSR count). The molecule has 1 aromatic heterocycles. The first-order valence-electron chi connectivity index (χ1n) is 5.71. The van der Waals surface area contributed by atoms with Crippen molar-refractivity contribution < 1.29 is 4.74 Å². The third-order valence-corrected chi connectivity index (χ3v) is 2.61. The van der Waals surface area contributed by atoms with E-state index in [0.717, 1.165) is 5.69 Å². The molecule has 0 fully saturated rings. The first-order valence-corrected chi connectivity index (χ1v) is 5.71. The molecule has 19 heavy (non-hydrogen) atoms. The third-order valence-electron chi connectivity index (χ3n) is 2.61. The number of hydrogen-bond donors (Lipinski definition) is 1. The molecule has 0 amide bonds. The van der Waals surface area contributed by atoms with E-state index in [1.54, 1.807) is 24.4 Å². The van der Waals surface area contributed by atoms with Crippen LogP contribution in [0.4, 0.5) is 11.4 Å². The lowest BCUT2D eigenvalue weighted by molar-refractivity contribution is 0.463. The van der Waals surface area contributed by atoms with Crippen molar-refractivity contribution in [2.24, 2.45) is 0 Å². The Kier molecular flexibility index (Phi) is 3.53. The molecule has 96 valence electrons. The number of rotatable bonds is 3. The molecule has 0 saturated heterocycles. The lowest BCUT2D eigenvalue weighted by Crippen LogP contribution is -2.09. The van der Waals surface area contributed by atoms with E-state index >= 15 is 0 Å². The van der Waals surface area contributed by atoms with Gasteiger partial charge in [-0.2, -0.15) is 5.26 Å². The number of nitrogens with two attached hydrogens (primary N) is 1. The molecule has 0 unspecified atom stereocenters. The quantitative estimate of drug-likeness (QED) is 0.851. The van der Waals surface area contributed by atoms with Crippen molar-refractivity contribution in [1.29, 1.82) is 5.26 Å². The molecule has 0 aliphatic carbocycles. The Bertz CT molecular complexity index is 632. The highest BCUT2D eigenvalue weighted by molar-refractivity contribution is 5.63. The van der Waals surface area contributed by atoms with Crippen LogP contribution in [0.3, 0.4) is 0 Å². The van der Waals surface area contributed by atoms with Crippen LogP contribution in [0.25, 0.3) is 0 Å². The van der Waals surface area contributed by atoms with Crippen LogP contribution in [-0.2, 0) is 0 Å². The van der Waals surface area contributed by atoms with Gasteiger partial charge in [-0.15, -0.1) is 0 Å². The third kappa shape index (κ3) is 2.75. The van der Waals surface area contributed by atoms with Crippen LogP contribution in [0, 0.1) is 11.3 Å². The molecular weight excluding hydrogens is 240 g/mol. The van der Waals surface area contributed by atoms with E-state index in [1.807, 2.05) is 37.2 Å². The average Bonchev–Trinajstić information content (AvgIpc) is 2.41. The van der Waals surface area contributed by atoms with E-state index in [4.69, 9.17) is 15.7 Å². The normalized spacial score (nSPS) is 9.74. The highest BCUT2D eigenvalue weighted by atomic mass is 16.5. The predicted octanol–water partition coefficient (Wildman–Crippen LogP) is 2.39. The number of nitrogen functional groups attached to an aromatic ring is 1. The molecule has 0 atom stereocenters. The molecule has 0 aliphatic rings. The molecule has 5 heteroatoms. The minimum absolute atomic E-state index is 0.257. The molecule has 1 aromatic carbocycles. The molecule has 0 aliphatic heterocycles. The monoisotopic (exact) mass is 254 g/mol. The molecule has 5 nitrogen and oxygen atoms in total. The predicted molar refractivity (Wildman–Crippen MR) is 74.2 cm³/mol. The van der Waals surface area contributed by atoms with Gasteiger partial charge in [0.15, 0.2) is 5.75 Å². The van der Waals surface area contributed by atoms with Gasteiger partial charge < -0.3 is 15.4 Å². The summed E-state index contributed by atoms with van der Waals surface area (Å²) in [5, 5.41) is 9.00. The second-order valence-electron chi connectivity index (χ2n) is 4.19. The standard InChI is InChI=1S/C14H14N4O/c1-18(2)11-5-6-12(16)13(8-11)19-14-10(9-15)4-3-7-17-14/h3-8H,16H2,1-2H3. The number of benzene rings is 1. The van der Waals surface area contributed by atoms with Crippen molar-refractivity contribution >= 4 is 11.4 Å². The van der Waals surface area contributed by atoms with Crippen LogP contribution in [0.15, 0.2) is 36.5 Å². The molecule has 0 saturated carbocycles. The van der Waals surface area contributed by atoms with Gasteiger partial charge in [0.05, 0.1) is 5.69 Å².